The van der Waals surface area contributed by atoms with Crippen molar-refractivity contribution in [3.8, 4) is 5.75 Å². The van der Waals surface area contributed by atoms with Crippen LogP contribution in [-0.4, -0.2) is 27.2 Å². The number of benzene rings is 1. The summed E-state index contributed by atoms with van der Waals surface area (Å²) in [6, 6.07) is 2.22. The Labute approximate surface area is 111 Å². The van der Waals surface area contributed by atoms with E-state index in [-0.39, 0.29) is 0 Å². The highest BCUT2D eigenvalue weighted by Crippen LogP contribution is 2.36. The molecule has 1 unspecified atom stereocenters. The number of ether oxygens (including phenoxy) is 1. The van der Waals surface area contributed by atoms with Crippen LogP contribution in [-0.2, 0) is 0 Å². The van der Waals surface area contributed by atoms with Gasteiger partial charge in [-0.15, -0.1) is 0 Å². The van der Waals surface area contributed by atoms with Gasteiger partial charge >= 0.3 is 0 Å². The molecule has 3 heteroatoms. The van der Waals surface area contributed by atoms with E-state index in [0.717, 1.165) is 12.3 Å². The number of nitrogens with two attached hydrogens (primary N) is 1. The quantitative estimate of drug-likeness (QED) is 0.873. The van der Waals surface area contributed by atoms with E-state index in [4.69, 9.17) is 10.5 Å². The fraction of sp³-hybridized carbons (Fsp3) is 0.600. The SMILES string of the molecule is COc1c(C)c(C)cc(C)c1N(C)CC(C)CN. The average Bonchev–Trinajstić information content (AvgIpc) is 2.32. The smallest absolute Gasteiger partial charge is 0.145 e. The van der Waals surface area contributed by atoms with Crippen molar-refractivity contribution in [1.82, 2.24) is 0 Å². The van der Waals surface area contributed by atoms with Gasteiger partial charge in [0.05, 0.1) is 12.8 Å². The van der Waals surface area contributed by atoms with Crippen LogP contribution in [0.4, 0.5) is 5.69 Å². The van der Waals surface area contributed by atoms with E-state index in [9.17, 15) is 0 Å². The number of aryl methyl sites for hydroxylation is 2. The van der Waals surface area contributed by atoms with Gasteiger partial charge in [-0.1, -0.05) is 13.0 Å². The van der Waals surface area contributed by atoms with Crippen molar-refractivity contribution in [3.63, 3.8) is 0 Å². The molecule has 1 aromatic carbocycles. The first-order chi connectivity index (χ1) is 8.42. The minimum atomic E-state index is 0.473. The number of anilines is 1. The van der Waals surface area contributed by atoms with Gasteiger partial charge < -0.3 is 15.4 Å². The summed E-state index contributed by atoms with van der Waals surface area (Å²) in [7, 11) is 3.84. The van der Waals surface area contributed by atoms with Crippen LogP contribution in [0.5, 0.6) is 5.75 Å². The van der Waals surface area contributed by atoms with Gasteiger partial charge in [0.15, 0.2) is 0 Å². The summed E-state index contributed by atoms with van der Waals surface area (Å²) in [6.07, 6.45) is 0. The third-order valence-corrected chi connectivity index (χ3v) is 3.53. The van der Waals surface area contributed by atoms with Gasteiger partial charge in [-0.2, -0.15) is 0 Å². The summed E-state index contributed by atoms with van der Waals surface area (Å²) in [5, 5.41) is 0. The summed E-state index contributed by atoms with van der Waals surface area (Å²) in [5.41, 5.74) is 10.6. The number of nitrogens with zero attached hydrogens (tertiary/aromatic N) is 1. The molecule has 0 amide bonds. The molecule has 0 spiro atoms. The lowest BCUT2D eigenvalue weighted by atomic mass is 10.0. The third-order valence-electron chi connectivity index (χ3n) is 3.53. The molecule has 1 aromatic rings. The summed E-state index contributed by atoms with van der Waals surface area (Å²) < 4.78 is 5.60. The topological polar surface area (TPSA) is 38.5 Å². The minimum absolute atomic E-state index is 0.473. The van der Waals surface area contributed by atoms with Crippen molar-refractivity contribution in [3.05, 3.63) is 22.8 Å². The van der Waals surface area contributed by atoms with E-state index in [0.29, 0.717) is 12.5 Å². The Bertz CT molecular complexity index is 415. The van der Waals surface area contributed by atoms with Crippen LogP contribution in [0, 0.1) is 26.7 Å². The number of methoxy groups -OCH3 is 1. The van der Waals surface area contributed by atoms with Crippen molar-refractivity contribution in [2.24, 2.45) is 11.7 Å². The molecule has 0 radical (unpaired) electrons. The molecule has 0 fully saturated rings. The zero-order valence-corrected chi connectivity index (χ0v) is 12.5. The van der Waals surface area contributed by atoms with Crippen LogP contribution in [0.2, 0.25) is 0 Å². The lowest BCUT2D eigenvalue weighted by Gasteiger charge is -2.28. The first-order valence-corrected chi connectivity index (χ1v) is 6.48. The maximum Gasteiger partial charge on any atom is 0.145 e. The third kappa shape index (κ3) is 2.96. The molecular formula is C15H26N2O. The summed E-state index contributed by atoms with van der Waals surface area (Å²) in [6.45, 7) is 10.2. The van der Waals surface area contributed by atoms with Gasteiger partial charge in [-0.05, 0) is 49.9 Å². The minimum Gasteiger partial charge on any atom is -0.494 e. The molecule has 0 aliphatic heterocycles. The van der Waals surface area contributed by atoms with Crippen LogP contribution in [0.25, 0.3) is 0 Å². The normalized spacial score (nSPS) is 12.4. The second kappa shape index (κ2) is 6.10. The van der Waals surface area contributed by atoms with Crippen LogP contribution in [0.3, 0.4) is 0 Å². The van der Waals surface area contributed by atoms with Gasteiger partial charge in [-0.3, -0.25) is 0 Å². The summed E-state index contributed by atoms with van der Waals surface area (Å²) >= 11 is 0. The zero-order chi connectivity index (χ0) is 13.9. The van der Waals surface area contributed by atoms with Crippen LogP contribution >= 0.6 is 0 Å². The predicted molar refractivity (Wildman–Crippen MR) is 78.7 cm³/mol. The molecular weight excluding hydrogens is 224 g/mol. The highest BCUT2D eigenvalue weighted by atomic mass is 16.5. The van der Waals surface area contributed by atoms with Crippen molar-refractivity contribution in [2.45, 2.75) is 27.7 Å². The lowest BCUT2D eigenvalue weighted by Crippen LogP contribution is -2.29. The van der Waals surface area contributed by atoms with Gasteiger partial charge in [0.1, 0.15) is 5.75 Å². The average molecular weight is 250 g/mol. The molecule has 0 saturated carbocycles. The Hall–Kier alpha value is -1.22. The number of hydrogen-bond donors (Lipinski definition) is 1. The van der Waals surface area contributed by atoms with Gasteiger partial charge in [0.25, 0.3) is 0 Å². The molecule has 102 valence electrons. The first-order valence-electron chi connectivity index (χ1n) is 6.48. The maximum absolute atomic E-state index is 5.70. The standard InChI is InChI=1S/C15H26N2O/c1-10(8-16)9-17(5)14-12(3)7-11(2)13(4)15(14)18-6/h7,10H,8-9,16H2,1-6H3. The fourth-order valence-electron chi connectivity index (χ4n) is 2.39. The zero-order valence-electron chi connectivity index (χ0n) is 12.5. The van der Waals surface area contributed by atoms with E-state index in [1.54, 1.807) is 7.11 Å². The Balaban J connectivity index is 3.18. The largest absolute Gasteiger partial charge is 0.494 e. The molecule has 0 aliphatic carbocycles. The molecule has 1 atom stereocenters. The van der Waals surface area contributed by atoms with E-state index in [1.807, 2.05) is 0 Å². The highest BCUT2D eigenvalue weighted by Gasteiger charge is 2.17. The van der Waals surface area contributed by atoms with Gasteiger partial charge in [0, 0.05) is 13.6 Å². The van der Waals surface area contributed by atoms with E-state index in [2.05, 4.69) is 45.7 Å². The Morgan fingerprint density at radius 3 is 2.39 bits per heavy atom. The molecule has 18 heavy (non-hydrogen) atoms. The first kappa shape index (κ1) is 14.8. The number of hydrogen-bond acceptors (Lipinski definition) is 3. The Morgan fingerprint density at radius 1 is 1.28 bits per heavy atom. The molecule has 0 heterocycles. The highest BCUT2D eigenvalue weighted by molar-refractivity contribution is 5.67. The predicted octanol–water partition coefficient (Wildman–Crippen LogP) is 2.65. The second-order valence-corrected chi connectivity index (χ2v) is 5.24. The van der Waals surface area contributed by atoms with Gasteiger partial charge in [-0.25, -0.2) is 0 Å². The second-order valence-electron chi connectivity index (χ2n) is 5.24. The molecule has 0 saturated heterocycles. The Kier molecular flexibility index (Phi) is 5.03. The van der Waals surface area contributed by atoms with Crippen molar-refractivity contribution >= 4 is 5.69 Å². The molecule has 2 N–H and O–H groups in total. The maximum atomic E-state index is 5.70. The van der Waals surface area contributed by atoms with Crippen LogP contribution in [0.15, 0.2) is 6.07 Å². The molecule has 0 bridgehead atoms. The molecule has 0 aromatic heterocycles. The lowest BCUT2D eigenvalue weighted by molar-refractivity contribution is 0.410. The molecule has 3 nitrogen and oxygen atoms in total. The van der Waals surface area contributed by atoms with Crippen LogP contribution in [0.1, 0.15) is 23.6 Å². The monoisotopic (exact) mass is 250 g/mol. The van der Waals surface area contributed by atoms with Crippen molar-refractivity contribution < 1.29 is 4.74 Å². The molecule has 1 rings (SSSR count). The Morgan fingerprint density at radius 2 is 1.89 bits per heavy atom. The van der Waals surface area contributed by atoms with Crippen molar-refractivity contribution in [1.29, 1.82) is 0 Å². The summed E-state index contributed by atoms with van der Waals surface area (Å²) in [4.78, 5) is 2.25. The van der Waals surface area contributed by atoms with Crippen LogP contribution < -0.4 is 15.4 Å². The van der Waals surface area contributed by atoms with Crippen molar-refractivity contribution in [2.75, 3.05) is 32.1 Å². The van der Waals surface area contributed by atoms with E-state index >= 15 is 0 Å². The van der Waals surface area contributed by atoms with Gasteiger partial charge in [0.2, 0.25) is 0 Å². The van der Waals surface area contributed by atoms with E-state index in [1.165, 1.54) is 22.4 Å². The summed E-state index contributed by atoms with van der Waals surface area (Å²) in [5.74, 6) is 1.46. The fourth-order valence-corrected chi connectivity index (χ4v) is 2.39. The number of rotatable bonds is 5. The van der Waals surface area contributed by atoms with E-state index < -0.39 is 0 Å². The molecule has 0 aliphatic rings.